The van der Waals surface area contributed by atoms with Crippen molar-refractivity contribution in [1.82, 2.24) is 4.98 Å². The van der Waals surface area contributed by atoms with Gasteiger partial charge in [-0.2, -0.15) is 0 Å². The topological polar surface area (TPSA) is 19.4 Å². The average Bonchev–Trinajstić information content (AvgIpc) is 3.66. The summed E-state index contributed by atoms with van der Waals surface area (Å²) in [7, 11) is 0. The molecule has 0 unspecified atom stereocenters. The maximum Gasteiger partial charge on any atom is 0.253 e. The Bertz CT molecular complexity index is 2970. The molecular weight excluding hydrogens is 794 g/mol. The van der Waals surface area contributed by atoms with Crippen LogP contribution in [0.4, 0.5) is 34.1 Å². The quantitative estimate of drug-likeness (QED) is 0.161. The van der Waals surface area contributed by atoms with Gasteiger partial charge in [0.25, 0.3) is 6.71 Å². The molecule has 0 saturated heterocycles. The maximum absolute atomic E-state index is 5.61. The summed E-state index contributed by atoms with van der Waals surface area (Å²) in [5.74, 6) is 0. The van der Waals surface area contributed by atoms with Gasteiger partial charge in [0.2, 0.25) is 0 Å². The smallest absolute Gasteiger partial charge is 0.253 e. The van der Waals surface area contributed by atoms with Gasteiger partial charge in [-0.1, -0.05) is 179 Å². The lowest BCUT2D eigenvalue weighted by atomic mass is 9.32. The van der Waals surface area contributed by atoms with Gasteiger partial charge in [-0.15, -0.1) is 11.3 Å². The minimum Gasteiger partial charge on any atom is -0.311 e. The van der Waals surface area contributed by atoms with E-state index in [1.165, 1.54) is 98.8 Å². The second-order valence-corrected chi connectivity index (χ2v) is 26.1. The lowest BCUT2D eigenvalue weighted by Crippen LogP contribution is -2.62. The molecule has 0 aliphatic carbocycles. The molecule has 0 saturated carbocycles. The molecule has 0 N–H and O–H groups in total. The molecule has 1 aromatic heterocycles. The van der Waals surface area contributed by atoms with Crippen LogP contribution in [0.3, 0.4) is 0 Å². The summed E-state index contributed by atoms with van der Waals surface area (Å²) < 4.78 is 1.26. The second-order valence-electron chi connectivity index (χ2n) is 25.1. The Balaban J connectivity index is 1.53. The second kappa shape index (κ2) is 14.3. The Labute approximate surface area is 389 Å². The van der Waals surface area contributed by atoms with Crippen LogP contribution in [0.15, 0.2) is 97.1 Å². The summed E-state index contributed by atoms with van der Waals surface area (Å²) in [6.07, 6.45) is 0. The van der Waals surface area contributed by atoms with Gasteiger partial charge in [-0.25, -0.2) is 4.98 Å². The number of thiazole rings is 1. The highest BCUT2D eigenvalue weighted by Gasteiger charge is 2.47. The number of hydrogen-bond acceptors (Lipinski definition) is 4. The standard InChI is InChI=1S/C59H70BN3S/c1-54(2,3)35-23-26-40(27-24-35)62-45-28-25-36(55(4,5)6)32-44(45)60-48-42-21-19-20-22-43(42)50-52(64-53(61-50)59(16,17)18)51(48)63(47-34-39(58(13,14)15)33-46(62)49(47)60)41-30-37(56(7,8)9)29-38(31-41)57(10,11)12/h19-34H,1-18H3. The molecule has 3 heterocycles. The fourth-order valence-corrected chi connectivity index (χ4v) is 11.0. The minimum atomic E-state index is -0.127. The third-order valence-electron chi connectivity index (χ3n) is 13.8. The summed E-state index contributed by atoms with van der Waals surface area (Å²) in [5, 5.41) is 3.67. The van der Waals surface area contributed by atoms with Crippen LogP contribution in [0.5, 0.6) is 0 Å². The van der Waals surface area contributed by atoms with Crippen molar-refractivity contribution in [2.75, 3.05) is 9.80 Å². The Morgan fingerprint density at radius 3 is 1.45 bits per heavy atom. The summed E-state index contributed by atoms with van der Waals surface area (Å²) in [4.78, 5) is 10.9. The normalized spacial score (nSPS) is 14.6. The summed E-state index contributed by atoms with van der Waals surface area (Å²) in [5.41, 5.74) is 19.0. The minimum absolute atomic E-state index is 0.0324. The number of nitrogens with zero attached hydrogens (tertiary/aromatic N) is 3. The van der Waals surface area contributed by atoms with Crippen LogP contribution in [-0.2, 0) is 32.5 Å². The predicted molar refractivity (Wildman–Crippen MR) is 283 cm³/mol. The highest BCUT2D eigenvalue weighted by Crippen LogP contribution is 2.52. The molecule has 0 radical (unpaired) electrons. The van der Waals surface area contributed by atoms with Gasteiger partial charge in [-0.05, 0) is 119 Å². The number of hydrogen-bond donors (Lipinski definition) is 0. The molecule has 0 fully saturated rings. The first-order chi connectivity index (χ1) is 29.5. The third-order valence-corrected chi connectivity index (χ3v) is 15.3. The fraction of sp³-hybridized carbons (Fsp3) is 0.407. The van der Waals surface area contributed by atoms with Gasteiger partial charge in [0.15, 0.2) is 0 Å². The lowest BCUT2D eigenvalue weighted by Gasteiger charge is -2.46. The van der Waals surface area contributed by atoms with Crippen molar-refractivity contribution >= 4 is 89.6 Å². The van der Waals surface area contributed by atoms with Crippen molar-refractivity contribution in [3.8, 4) is 0 Å². The Morgan fingerprint density at radius 2 is 0.922 bits per heavy atom. The van der Waals surface area contributed by atoms with Crippen LogP contribution >= 0.6 is 11.3 Å². The Hall–Kier alpha value is -4.87. The molecule has 6 aromatic carbocycles. The largest absolute Gasteiger partial charge is 0.311 e. The van der Waals surface area contributed by atoms with E-state index in [0.717, 1.165) is 5.52 Å². The molecule has 2 aliphatic heterocycles. The van der Waals surface area contributed by atoms with E-state index in [1.807, 2.05) is 11.3 Å². The zero-order valence-corrected chi connectivity index (χ0v) is 42.9. The zero-order valence-electron chi connectivity index (χ0n) is 42.1. The van der Waals surface area contributed by atoms with E-state index in [2.05, 4.69) is 231 Å². The molecule has 0 atom stereocenters. The summed E-state index contributed by atoms with van der Waals surface area (Å²) >= 11 is 1.90. The number of aromatic nitrogens is 1. The molecule has 5 heteroatoms. The van der Waals surface area contributed by atoms with Gasteiger partial charge in [-0.3, -0.25) is 0 Å². The third kappa shape index (κ3) is 7.29. The summed E-state index contributed by atoms with van der Waals surface area (Å²) in [6.45, 7) is 42.1. The number of rotatable bonds is 2. The average molecular weight is 864 g/mol. The van der Waals surface area contributed by atoms with Crippen molar-refractivity contribution < 1.29 is 0 Å². The van der Waals surface area contributed by atoms with Crippen molar-refractivity contribution in [3.05, 3.63) is 130 Å². The molecule has 0 bridgehead atoms. The molecule has 9 rings (SSSR count). The fourth-order valence-electron chi connectivity index (χ4n) is 9.82. The van der Waals surface area contributed by atoms with Crippen LogP contribution in [0.1, 0.15) is 157 Å². The molecule has 2 aliphatic rings. The van der Waals surface area contributed by atoms with E-state index in [4.69, 9.17) is 4.98 Å². The maximum atomic E-state index is 5.61. The van der Waals surface area contributed by atoms with Crippen molar-refractivity contribution in [1.29, 1.82) is 0 Å². The van der Waals surface area contributed by atoms with Crippen LogP contribution in [0.25, 0.3) is 21.0 Å². The van der Waals surface area contributed by atoms with Crippen molar-refractivity contribution in [2.45, 2.75) is 157 Å². The van der Waals surface area contributed by atoms with E-state index in [1.54, 1.807) is 0 Å². The van der Waals surface area contributed by atoms with Crippen molar-refractivity contribution in [2.24, 2.45) is 0 Å². The molecule has 3 nitrogen and oxygen atoms in total. The Kier molecular flexibility index (Phi) is 9.92. The van der Waals surface area contributed by atoms with Crippen molar-refractivity contribution in [3.63, 3.8) is 0 Å². The molecular formula is C59H70BN3S. The highest BCUT2D eigenvalue weighted by molar-refractivity contribution is 7.20. The van der Waals surface area contributed by atoms with E-state index < -0.39 is 0 Å². The van der Waals surface area contributed by atoms with Gasteiger partial charge in [0.1, 0.15) is 0 Å². The van der Waals surface area contributed by atoms with Crippen LogP contribution < -0.4 is 26.2 Å². The van der Waals surface area contributed by atoms with Crippen LogP contribution in [-0.4, -0.2) is 11.7 Å². The number of benzene rings is 6. The predicted octanol–water partition coefficient (Wildman–Crippen LogP) is 15.3. The van der Waals surface area contributed by atoms with E-state index in [9.17, 15) is 0 Å². The van der Waals surface area contributed by atoms with E-state index in [-0.39, 0.29) is 39.2 Å². The molecule has 330 valence electrons. The molecule has 7 aromatic rings. The van der Waals surface area contributed by atoms with Gasteiger partial charge >= 0.3 is 0 Å². The van der Waals surface area contributed by atoms with Gasteiger partial charge in [0, 0.05) is 39.2 Å². The summed E-state index contributed by atoms with van der Waals surface area (Å²) in [6, 6.07) is 38.5. The number of anilines is 6. The first-order valence-corrected chi connectivity index (χ1v) is 24.4. The molecule has 0 amide bonds. The molecule has 64 heavy (non-hydrogen) atoms. The molecule has 0 spiro atoms. The first kappa shape index (κ1) is 44.3. The number of fused-ring (bicyclic) bond motifs is 9. The lowest BCUT2D eigenvalue weighted by molar-refractivity contribution is 0.568. The first-order valence-electron chi connectivity index (χ1n) is 23.6. The highest BCUT2D eigenvalue weighted by atomic mass is 32.1. The van der Waals surface area contributed by atoms with Gasteiger partial charge < -0.3 is 9.80 Å². The SMILES string of the molecule is CC(C)(C)c1ccc(N2c3ccc(C(C)(C)C)cc3B3c4c2cc(C(C)(C)C)cc4N(c2cc(C(C)(C)C)cc(C(C)(C)C)c2)c2c3c3ccccc3c3nc(C(C)(C)C)sc23)cc1. The zero-order chi connectivity index (χ0) is 46.4. The van der Waals surface area contributed by atoms with E-state index in [0.29, 0.717) is 0 Å². The van der Waals surface area contributed by atoms with Crippen LogP contribution in [0, 0.1) is 0 Å². The van der Waals surface area contributed by atoms with E-state index >= 15 is 0 Å². The monoisotopic (exact) mass is 864 g/mol. The Morgan fingerprint density at radius 1 is 0.422 bits per heavy atom. The van der Waals surface area contributed by atoms with Gasteiger partial charge in [0.05, 0.1) is 20.9 Å². The van der Waals surface area contributed by atoms with Crippen LogP contribution in [0.2, 0.25) is 0 Å².